The highest BCUT2D eigenvalue weighted by Gasteiger charge is 2.26. The van der Waals surface area contributed by atoms with E-state index in [2.05, 4.69) is 30.3 Å². The monoisotopic (exact) mass is 454 g/mol. The lowest BCUT2D eigenvalue weighted by atomic mass is 10.2. The van der Waals surface area contributed by atoms with Gasteiger partial charge in [-0.25, -0.2) is 19.6 Å². The Hall–Kier alpha value is -4.27. The number of nitrogens with one attached hydrogen (secondary N) is 1. The van der Waals surface area contributed by atoms with Gasteiger partial charge < -0.3 is 15.1 Å². The molecule has 4 aromatic rings. The molecular weight excluding hydrogens is 428 g/mol. The Morgan fingerprint density at radius 1 is 0.912 bits per heavy atom. The van der Waals surface area contributed by atoms with E-state index in [1.165, 1.54) is 0 Å². The van der Waals surface area contributed by atoms with Crippen molar-refractivity contribution in [1.29, 1.82) is 0 Å². The SMILES string of the molecule is Cc1ccnc(Nc2cc(N3CCN(C(=O)c4cnn(-c5ccccc5)c4C)CC3)ncn2)c1. The summed E-state index contributed by atoms with van der Waals surface area (Å²) in [6, 6.07) is 15.7. The fourth-order valence-electron chi connectivity index (χ4n) is 4.08. The number of hydrogen-bond donors (Lipinski definition) is 1. The van der Waals surface area contributed by atoms with E-state index in [1.807, 2.05) is 72.0 Å². The molecule has 5 rings (SSSR count). The molecule has 1 amide bonds. The van der Waals surface area contributed by atoms with Crippen LogP contribution in [0.4, 0.5) is 17.5 Å². The highest BCUT2D eigenvalue weighted by atomic mass is 16.2. The molecular formula is C25H26N8O. The van der Waals surface area contributed by atoms with E-state index in [4.69, 9.17) is 0 Å². The molecule has 0 radical (unpaired) electrons. The van der Waals surface area contributed by atoms with Crippen molar-refractivity contribution >= 4 is 23.4 Å². The van der Waals surface area contributed by atoms with Crippen LogP contribution in [0.2, 0.25) is 0 Å². The lowest BCUT2D eigenvalue weighted by Gasteiger charge is -2.35. The van der Waals surface area contributed by atoms with E-state index in [0.29, 0.717) is 37.6 Å². The number of carbonyl (C=O) groups excluding carboxylic acids is 1. The smallest absolute Gasteiger partial charge is 0.257 e. The predicted octanol–water partition coefficient (Wildman–Crippen LogP) is 3.38. The minimum Gasteiger partial charge on any atom is -0.353 e. The summed E-state index contributed by atoms with van der Waals surface area (Å²) in [7, 11) is 0. The first-order chi connectivity index (χ1) is 16.6. The zero-order valence-electron chi connectivity index (χ0n) is 19.2. The average Bonchev–Trinajstić information content (AvgIpc) is 3.25. The number of pyridine rings is 1. The molecule has 1 fully saturated rings. The van der Waals surface area contributed by atoms with Crippen molar-refractivity contribution in [3.63, 3.8) is 0 Å². The van der Waals surface area contributed by atoms with Crippen LogP contribution in [0.1, 0.15) is 21.6 Å². The molecule has 172 valence electrons. The highest BCUT2D eigenvalue weighted by molar-refractivity contribution is 5.95. The standard InChI is InChI=1S/C25H26N8O/c1-18-8-9-26-22(14-18)30-23-15-24(28-17-27-23)31-10-12-32(13-11-31)25(34)21-16-29-33(19(21)2)20-6-4-3-5-7-20/h3-9,14-17H,10-13H2,1-2H3,(H,26,27,28,30). The highest BCUT2D eigenvalue weighted by Crippen LogP contribution is 2.21. The van der Waals surface area contributed by atoms with Crippen molar-refractivity contribution in [3.8, 4) is 5.69 Å². The number of aryl methyl sites for hydroxylation is 1. The summed E-state index contributed by atoms with van der Waals surface area (Å²) in [5.74, 6) is 2.26. The van der Waals surface area contributed by atoms with Gasteiger partial charge in [0.25, 0.3) is 5.91 Å². The van der Waals surface area contributed by atoms with Crippen molar-refractivity contribution in [2.45, 2.75) is 13.8 Å². The second-order valence-electron chi connectivity index (χ2n) is 8.28. The van der Waals surface area contributed by atoms with Gasteiger partial charge in [0, 0.05) is 38.4 Å². The Bertz CT molecular complexity index is 1300. The zero-order chi connectivity index (χ0) is 23.5. The third-order valence-electron chi connectivity index (χ3n) is 5.96. The summed E-state index contributed by atoms with van der Waals surface area (Å²) in [5, 5.41) is 7.68. The number of rotatable bonds is 5. The molecule has 0 aliphatic carbocycles. The van der Waals surface area contributed by atoms with Crippen molar-refractivity contribution < 1.29 is 4.79 Å². The van der Waals surface area contributed by atoms with Crippen LogP contribution in [-0.4, -0.2) is 61.7 Å². The molecule has 1 aliphatic rings. The Balaban J connectivity index is 1.24. The predicted molar refractivity (Wildman–Crippen MR) is 131 cm³/mol. The van der Waals surface area contributed by atoms with Crippen molar-refractivity contribution in [3.05, 3.63) is 84.1 Å². The van der Waals surface area contributed by atoms with Gasteiger partial charge in [-0.15, -0.1) is 0 Å². The van der Waals surface area contributed by atoms with Gasteiger partial charge >= 0.3 is 0 Å². The number of para-hydroxylation sites is 1. The van der Waals surface area contributed by atoms with E-state index in [1.54, 1.807) is 18.7 Å². The molecule has 1 aliphatic heterocycles. The number of aromatic nitrogens is 5. The van der Waals surface area contributed by atoms with Crippen LogP contribution >= 0.6 is 0 Å². The third-order valence-corrected chi connectivity index (χ3v) is 5.96. The van der Waals surface area contributed by atoms with Gasteiger partial charge in [0.05, 0.1) is 23.1 Å². The van der Waals surface area contributed by atoms with E-state index < -0.39 is 0 Å². The summed E-state index contributed by atoms with van der Waals surface area (Å²) in [6.45, 7) is 6.56. The zero-order valence-corrected chi connectivity index (χ0v) is 19.2. The third kappa shape index (κ3) is 4.45. The number of benzene rings is 1. The molecule has 1 N–H and O–H groups in total. The number of nitrogens with zero attached hydrogens (tertiary/aromatic N) is 7. The maximum atomic E-state index is 13.2. The molecule has 0 atom stereocenters. The molecule has 34 heavy (non-hydrogen) atoms. The first-order valence-corrected chi connectivity index (χ1v) is 11.2. The van der Waals surface area contributed by atoms with Gasteiger partial charge in [-0.2, -0.15) is 5.10 Å². The molecule has 9 nitrogen and oxygen atoms in total. The summed E-state index contributed by atoms with van der Waals surface area (Å²) in [5.41, 5.74) is 3.54. The van der Waals surface area contributed by atoms with Gasteiger partial charge in [0.1, 0.15) is 23.8 Å². The average molecular weight is 455 g/mol. The lowest BCUT2D eigenvalue weighted by Crippen LogP contribution is -2.49. The van der Waals surface area contributed by atoms with E-state index in [-0.39, 0.29) is 5.91 Å². The second kappa shape index (κ2) is 9.30. The van der Waals surface area contributed by atoms with Gasteiger partial charge in [0.2, 0.25) is 0 Å². The van der Waals surface area contributed by atoms with Crippen LogP contribution in [-0.2, 0) is 0 Å². The maximum Gasteiger partial charge on any atom is 0.257 e. The Labute approximate surface area is 198 Å². The quantitative estimate of drug-likeness (QED) is 0.494. The molecule has 0 spiro atoms. The van der Waals surface area contributed by atoms with Crippen molar-refractivity contribution in [1.82, 2.24) is 29.6 Å². The number of anilines is 3. The Kier molecular flexibility index (Phi) is 5.90. The number of amides is 1. The number of hydrogen-bond acceptors (Lipinski definition) is 7. The second-order valence-corrected chi connectivity index (χ2v) is 8.28. The van der Waals surface area contributed by atoms with Crippen LogP contribution in [0.25, 0.3) is 5.69 Å². The van der Waals surface area contributed by atoms with E-state index in [0.717, 1.165) is 28.6 Å². The van der Waals surface area contributed by atoms with Crippen LogP contribution in [0.5, 0.6) is 0 Å². The molecule has 1 aromatic carbocycles. The fraction of sp³-hybridized carbons (Fsp3) is 0.240. The van der Waals surface area contributed by atoms with Crippen molar-refractivity contribution in [2.24, 2.45) is 0 Å². The van der Waals surface area contributed by atoms with Crippen LogP contribution in [0.15, 0.2) is 67.3 Å². The van der Waals surface area contributed by atoms with Gasteiger partial charge in [-0.3, -0.25) is 4.79 Å². The Morgan fingerprint density at radius 2 is 1.68 bits per heavy atom. The minimum absolute atomic E-state index is 0.00916. The summed E-state index contributed by atoms with van der Waals surface area (Å²) < 4.78 is 1.81. The summed E-state index contributed by atoms with van der Waals surface area (Å²) in [6.07, 6.45) is 4.98. The Morgan fingerprint density at radius 3 is 2.44 bits per heavy atom. The molecule has 0 saturated carbocycles. The number of carbonyl (C=O) groups is 1. The molecule has 3 aromatic heterocycles. The van der Waals surface area contributed by atoms with E-state index >= 15 is 0 Å². The first-order valence-electron chi connectivity index (χ1n) is 11.2. The normalized spacial score (nSPS) is 13.7. The van der Waals surface area contributed by atoms with Crippen LogP contribution in [0.3, 0.4) is 0 Å². The fourth-order valence-corrected chi connectivity index (χ4v) is 4.08. The molecule has 1 saturated heterocycles. The topological polar surface area (TPSA) is 92.1 Å². The van der Waals surface area contributed by atoms with Gasteiger partial charge in [0.15, 0.2) is 0 Å². The lowest BCUT2D eigenvalue weighted by molar-refractivity contribution is 0.0745. The molecule has 9 heteroatoms. The molecule has 0 bridgehead atoms. The number of piperazine rings is 1. The maximum absolute atomic E-state index is 13.2. The van der Waals surface area contributed by atoms with E-state index in [9.17, 15) is 4.79 Å². The molecule has 4 heterocycles. The van der Waals surface area contributed by atoms with Gasteiger partial charge in [-0.1, -0.05) is 18.2 Å². The largest absolute Gasteiger partial charge is 0.353 e. The minimum atomic E-state index is 0.00916. The molecule has 0 unspecified atom stereocenters. The van der Waals surface area contributed by atoms with Crippen LogP contribution in [0, 0.1) is 13.8 Å². The van der Waals surface area contributed by atoms with Crippen LogP contribution < -0.4 is 10.2 Å². The van der Waals surface area contributed by atoms with Gasteiger partial charge in [-0.05, 0) is 43.7 Å². The summed E-state index contributed by atoms with van der Waals surface area (Å²) >= 11 is 0. The summed E-state index contributed by atoms with van der Waals surface area (Å²) in [4.78, 5) is 30.3. The van der Waals surface area contributed by atoms with Crippen molar-refractivity contribution in [2.75, 3.05) is 36.4 Å². The first kappa shape index (κ1) is 21.6.